The lowest BCUT2D eigenvalue weighted by Crippen LogP contribution is -2.35. The maximum atomic E-state index is 13.5. The molecule has 2 aromatic heterocycles. The van der Waals surface area contributed by atoms with Gasteiger partial charge in [-0.05, 0) is 70.2 Å². The summed E-state index contributed by atoms with van der Waals surface area (Å²) in [6.45, 7) is 6.55. The van der Waals surface area contributed by atoms with Crippen molar-refractivity contribution >= 4 is 34.8 Å². The highest BCUT2D eigenvalue weighted by Gasteiger charge is 2.35. The number of halogens is 4. The van der Waals surface area contributed by atoms with Gasteiger partial charge in [0.25, 0.3) is 0 Å². The molecule has 4 rings (SSSR count). The minimum atomic E-state index is -4.59. The van der Waals surface area contributed by atoms with Crippen LogP contribution in [0.2, 0.25) is 5.15 Å². The summed E-state index contributed by atoms with van der Waals surface area (Å²) in [5, 5.41) is 4.45. The Morgan fingerprint density at radius 3 is 2.47 bits per heavy atom. The van der Waals surface area contributed by atoms with Crippen LogP contribution in [-0.4, -0.2) is 26.3 Å². The first-order valence-corrected chi connectivity index (χ1v) is 10.5. The molecular weight excluding hydrogens is 445 g/mol. The number of amides is 1. The second kappa shape index (κ2) is 7.65. The van der Waals surface area contributed by atoms with Crippen LogP contribution >= 0.6 is 11.6 Å². The smallest absolute Gasteiger partial charge is 0.420 e. The Kier molecular flexibility index (Phi) is 5.35. The predicted molar refractivity (Wildman–Crippen MR) is 115 cm³/mol. The van der Waals surface area contributed by atoms with E-state index in [4.69, 9.17) is 16.3 Å². The van der Waals surface area contributed by atoms with Crippen molar-refractivity contribution in [3.8, 4) is 0 Å². The molecule has 2 heterocycles. The molecule has 1 saturated carbocycles. The minimum absolute atomic E-state index is 0.0152. The van der Waals surface area contributed by atoms with Crippen LogP contribution in [0.25, 0.3) is 5.65 Å². The number of aromatic nitrogens is 3. The molecule has 0 atom stereocenters. The molecule has 3 aromatic rings. The Balaban J connectivity index is 1.94. The van der Waals surface area contributed by atoms with Crippen molar-refractivity contribution in [2.75, 3.05) is 4.90 Å². The standard InChI is InChI=1S/C22H22ClF3N4O2/c1-12-7-14(22(24,25)26)9-15(8-12)29(20(31)32-21(2,3)4)18-10-17(23)28-19-16(13-5-6-13)11-27-30(18)19/h7-11,13H,5-6H2,1-4H3. The average molecular weight is 467 g/mol. The maximum absolute atomic E-state index is 13.5. The van der Waals surface area contributed by atoms with Crippen LogP contribution in [-0.2, 0) is 10.9 Å². The van der Waals surface area contributed by atoms with Crippen molar-refractivity contribution in [3.05, 3.63) is 52.3 Å². The van der Waals surface area contributed by atoms with Crippen LogP contribution < -0.4 is 4.90 Å². The van der Waals surface area contributed by atoms with Gasteiger partial charge in [-0.15, -0.1) is 0 Å². The summed E-state index contributed by atoms with van der Waals surface area (Å²) in [4.78, 5) is 18.7. The first-order chi connectivity index (χ1) is 14.8. The molecule has 0 aliphatic heterocycles. The van der Waals surface area contributed by atoms with Gasteiger partial charge in [0.1, 0.15) is 16.6 Å². The number of carbonyl (C=O) groups excluding carboxylic acids is 1. The summed E-state index contributed by atoms with van der Waals surface area (Å²) in [5.41, 5.74) is -0.0925. The molecule has 32 heavy (non-hydrogen) atoms. The van der Waals surface area contributed by atoms with Crippen molar-refractivity contribution in [2.24, 2.45) is 0 Å². The number of alkyl halides is 3. The predicted octanol–water partition coefficient (Wildman–Crippen LogP) is 6.66. The first-order valence-electron chi connectivity index (χ1n) is 10.1. The minimum Gasteiger partial charge on any atom is -0.443 e. The molecule has 10 heteroatoms. The fourth-order valence-electron chi connectivity index (χ4n) is 3.47. The normalized spacial score (nSPS) is 14.6. The maximum Gasteiger partial charge on any atom is 0.420 e. The number of carbonyl (C=O) groups is 1. The van der Waals surface area contributed by atoms with Gasteiger partial charge in [-0.3, -0.25) is 0 Å². The van der Waals surface area contributed by atoms with E-state index in [1.165, 1.54) is 23.6 Å². The number of hydrogen-bond acceptors (Lipinski definition) is 4. The monoisotopic (exact) mass is 466 g/mol. The summed E-state index contributed by atoms with van der Waals surface area (Å²) in [6.07, 6.45) is -1.80. The number of fused-ring (bicyclic) bond motifs is 1. The zero-order chi connectivity index (χ0) is 23.4. The zero-order valence-electron chi connectivity index (χ0n) is 18.0. The molecule has 1 amide bonds. The SMILES string of the molecule is Cc1cc(N(C(=O)OC(C)(C)C)c2cc(Cl)nc3c(C4CC4)cnn23)cc(C(F)(F)F)c1. The third kappa shape index (κ3) is 4.53. The van der Waals surface area contributed by atoms with E-state index in [9.17, 15) is 18.0 Å². The second-order valence-electron chi connectivity index (χ2n) is 8.92. The number of ether oxygens (including phenoxy) is 1. The lowest BCUT2D eigenvalue weighted by molar-refractivity contribution is -0.137. The summed E-state index contributed by atoms with van der Waals surface area (Å²) >= 11 is 6.27. The summed E-state index contributed by atoms with van der Waals surface area (Å²) in [6, 6.07) is 4.79. The molecule has 1 aromatic carbocycles. The molecule has 0 N–H and O–H groups in total. The van der Waals surface area contributed by atoms with Crippen LogP contribution in [0.1, 0.15) is 56.2 Å². The third-order valence-corrected chi connectivity index (χ3v) is 5.11. The second-order valence-corrected chi connectivity index (χ2v) is 9.30. The summed E-state index contributed by atoms with van der Waals surface area (Å²) in [5.74, 6) is 0.442. The lowest BCUT2D eigenvalue weighted by Gasteiger charge is -2.28. The van der Waals surface area contributed by atoms with E-state index in [0.717, 1.165) is 35.4 Å². The van der Waals surface area contributed by atoms with Gasteiger partial charge in [0.15, 0.2) is 5.65 Å². The molecule has 0 unspecified atom stereocenters. The van der Waals surface area contributed by atoms with Gasteiger partial charge in [-0.2, -0.15) is 22.8 Å². The molecule has 0 spiro atoms. The van der Waals surface area contributed by atoms with Crippen LogP contribution in [0.15, 0.2) is 30.5 Å². The number of rotatable bonds is 3. The fraction of sp³-hybridized carbons (Fsp3) is 0.409. The third-order valence-electron chi connectivity index (χ3n) is 4.92. The largest absolute Gasteiger partial charge is 0.443 e. The topological polar surface area (TPSA) is 59.7 Å². The number of benzene rings is 1. The molecule has 6 nitrogen and oxygen atoms in total. The van der Waals surface area contributed by atoms with Crippen molar-refractivity contribution in [1.29, 1.82) is 0 Å². The lowest BCUT2D eigenvalue weighted by atomic mass is 10.1. The van der Waals surface area contributed by atoms with E-state index in [1.54, 1.807) is 27.0 Å². The summed E-state index contributed by atoms with van der Waals surface area (Å²) in [7, 11) is 0. The van der Waals surface area contributed by atoms with Gasteiger partial charge in [0.2, 0.25) is 0 Å². The number of aryl methyl sites for hydroxylation is 1. The van der Waals surface area contributed by atoms with E-state index in [-0.39, 0.29) is 16.7 Å². The zero-order valence-corrected chi connectivity index (χ0v) is 18.8. The van der Waals surface area contributed by atoms with E-state index in [0.29, 0.717) is 17.1 Å². The van der Waals surface area contributed by atoms with Crippen LogP contribution in [0.3, 0.4) is 0 Å². The van der Waals surface area contributed by atoms with E-state index in [2.05, 4.69) is 10.1 Å². The molecule has 0 saturated heterocycles. The van der Waals surface area contributed by atoms with Crippen molar-refractivity contribution in [1.82, 2.24) is 14.6 Å². The molecule has 0 radical (unpaired) electrons. The van der Waals surface area contributed by atoms with Crippen LogP contribution in [0, 0.1) is 6.92 Å². The fourth-order valence-corrected chi connectivity index (χ4v) is 3.65. The summed E-state index contributed by atoms with van der Waals surface area (Å²) < 4.78 is 47.5. The highest BCUT2D eigenvalue weighted by Crippen LogP contribution is 2.43. The van der Waals surface area contributed by atoms with Gasteiger partial charge in [-0.25, -0.2) is 14.7 Å². The van der Waals surface area contributed by atoms with Crippen LogP contribution in [0.4, 0.5) is 29.5 Å². The van der Waals surface area contributed by atoms with E-state index >= 15 is 0 Å². The Morgan fingerprint density at radius 2 is 1.88 bits per heavy atom. The first kappa shape index (κ1) is 22.4. The van der Waals surface area contributed by atoms with Gasteiger partial charge >= 0.3 is 12.3 Å². The Labute approximate surface area is 187 Å². The highest BCUT2D eigenvalue weighted by molar-refractivity contribution is 6.30. The molecule has 170 valence electrons. The van der Waals surface area contributed by atoms with Gasteiger partial charge < -0.3 is 4.74 Å². The Morgan fingerprint density at radius 1 is 1.19 bits per heavy atom. The van der Waals surface area contributed by atoms with Crippen molar-refractivity contribution < 1.29 is 22.7 Å². The number of anilines is 2. The van der Waals surface area contributed by atoms with Gasteiger partial charge in [-0.1, -0.05) is 11.6 Å². The number of hydrogen-bond donors (Lipinski definition) is 0. The number of nitrogens with zero attached hydrogens (tertiary/aromatic N) is 4. The van der Waals surface area contributed by atoms with Gasteiger partial charge in [0.05, 0.1) is 17.4 Å². The van der Waals surface area contributed by atoms with E-state index in [1.807, 2.05) is 0 Å². The molecule has 1 fully saturated rings. The highest BCUT2D eigenvalue weighted by atomic mass is 35.5. The average Bonchev–Trinajstić information content (AvgIpc) is 3.39. The molecule has 1 aliphatic rings. The van der Waals surface area contributed by atoms with Crippen molar-refractivity contribution in [3.63, 3.8) is 0 Å². The molecular formula is C22H22ClF3N4O2. The molecule has 1 aliphatic carbocycles. The van der Waals surface area contributed by atoms with Crippen molar-refractivity contribution in [2.45, 2.75) is 58.2 Å². The quantitative estimate of drug-likeness (QED) is 0.405. The van der Waals surface area contributed by atoms with Gasteiger partial charge in [0, 0.05) is 11.6 Å². The van der Waals surface area contributed by atoms with E-state index < -0.39 is 23.4 Å². The van der Waals surface area contributed by atoms with Crippen LogP contribution in [0.5, 0.6) is 0 Å². The Bertz CT molecular complexity index is 1200. The Hall–Kier alpha value is -2.81. The molecule has 0 bridgehead atoms.